The van der Waals surface area contributed by atoms with Crippen molar-refractivity contribution in [1.82, 2.24) is 0 Å². The van der Waals surface area contributed by atoms with Crippen LogP contribution in [0.5, 0.6) is 5.75 Å². The van der Waals surface area contributed by atoms with Gasteiger partial charge in [-0.1, -0.05) is 11.2 Å². The second-order valence-corrected chi connectivity index (χ2v) is 3.48. The van der Waals surface area contributed by atoms with Crippen molar-refractivity contribution < 1.29 is 23.1 Å². The Morgan fingerprint density at radius 1 is 1.35 bits per heavy atom. The summed E-state index contributed by atoms with van der Waals surface area (Å²) in [6, 6.07) is 4.48. The molecule has 1 heterocycles. The first-order chi connectivity index (χ1) is 8.00. The summed E-state index contributed by atoms with van der Waals surface area (Å²) in [7, 11) is 0. The van der Waals surface area contributed by atoms with Crippen LogP contribution in [0.1, 0.15) is 11.1 Å². The van der Waals surface area contributed by atoms with Crippen LogP contribution in [0, 0.1) is 0 Å². The summed E-state index contributed by atoms with van der Waals surface area (Å²) < 4.78 is 42.0. The molecule has 0 bridgehead atoms. The third kappa shape index (κ3) is 2.41. The lowest BCUT2D eigenvalue weighted by molar-refractivity contribution is -0.180. The van der Waals surface area contributed by atoms with Gasteiger partial charge in [-0.2, -0.15) is 13.2 Å². The van der Waals surface area contributed by atoms with E-state index in [9.17, 15) is 13.2 Å². The first-order valence-corrected chi connectivity index (χ1v) is 4.74. The van der Waals surface area contributed by atoms with E-state index in [4.69, 9.17) is 9.94 Å². The highest BCUT2D eigenvalue weighted by atomic mass is 19.4. The Balaban J connectivity index is 2.30. The molecule has 1 aliphatic rings. The van der Waals surface area contributed by atoms with Crippen molar-refractivity contribution in [3.63, 3.8) is 0 Å². The number of benzene rings is 1. The zero-order chi connectivity index (χ0) is 12.5. The van der Waals surface area contributed by atoms with Gasteiger partial charge >= 0.3 is 6.18 Å². The molecule has 0 amide bonds. The second-order valence-electron chi connectivity index (χ2n) is 3.48. The molecule has 90 valence electrons. The Labute approximate surface area is 94.8 Å². The molecule has 0 saturated carbocycles. The Morgan fingerprint density at radius 3 is 2.76 bits per heavy atom. The highest BCUT2D eigenvalue weighted by Gasteiger charge is 2.41. The van der Waals surface area contributed by atoms with E-state index in [0.29, 0.717) is 11.1 Å². The Kier molecular flexibility index (Phi) is 2.79. The van der Waals surface area contributed by atoms with Crippen molar-refractivity contribution in [3.05, 3.63) is 35.4 Å². The predicted octanol–water partition coefficient (Wildman–Crippen LogP) is 2.83. The fourth-order valence-corrected chi connectivity index (χ4v) is 1.49. The van der Waals surface area contributed by atoms with Crippen molar-refractivity contribution in [2.75, 3.05) is 0 Å². The molecule has 2 rings (SSSR count). The molecule has 1 N–H and O–H groups in total. The summed E-state index contributed by atoms with van der Waals surface area (Å²) >= 11 is 0. The number of fused-ring (bicyclic) bond motifs is 1. The fourth-order valence-electron chi connectivity index (χ4n) is 1.49. The molecule has 1 aliphatic heterocycles. The molecule has 1 aromatic carbocycles. The summed E-state index contributed by atoms with van der Waals surface area (Å²) in [5, 5.41) is 11.2. The largest absolute Gasteiger partial charge is 0.476 e. The van der Waals surface area contributed by atoms with E-state index in [1.807, 2.05) is 0 Å². The molecule has 0 fully saturated rings. The number of halogens is 3. The molecule has 0 aromatic heterocycles. The SMILES string of the molecule is ON=Cc1ccc2c(c1)C=CC(C(F)(F)F)O2. The van der Waals surface area contributed by atoms with Crippen LogP contribution in [0.2, 0.25) is 0 Å². The third-order valence-corrected chi connectivity index (χ3v) is 2.27. The van der Waals surface area contributed by atoms with Crippen LogP contribution in [0.25, 0.3) is 6.08 Å². The Morgan fingerprint density at radius 2 is 2.12 bits per heavy atom. The lowest BCUT2D eigenvalue weighted by atomic mass is 10.1. The lowest BCUT2D eigenvalue weighted by Gasteiger charge is -2.23. The maximum Gasteiger partial charge on any atom is 0.429 e. The van der Waals surface area contributed by atoms with E-state index >= 15 is 0 Å². The van der Waals surface area contributed by atoms with E-state index < -0.39 is 12.3 Å². The van der Waals surface area contributed by atoms with Crippen molar-refractivity contribution in [2.24, 2.45) is 5.16 Å². The lowest BCUT2D eigenvalue weighted by Crippen LogP contribution is -2.33. The normalized spacial score (nSPS) is 19.1. The maximum atomic E-state index is 12.4. The van der Waals surface area contributed by atoms with Crippen molar-refractivity contribution in [3.8, 4) is 5.75 Å². The van der Waals surface area contributed by atoms with E-state index in [1.54, 1.807) is 6.07 Å². The number of ether oxygens (including phenoxy) is 1. The maximum absolute atomic E-state index is 12.4. The monoisotopic (exact) mass is 243 g/mol. The van der Waals surface area contributed by atoms with Crippen molar-refractivity contribution in [2.45, 2.75) is 12.3 Å². The van der Waals surface area contributed by atoms with Gasteiger partial charge in [0.05, 0.1) is 6.21 Å². The summed E-state index contributed by atoms with van der Waals surface area (Å²) in [4.78, 5) is 0. The van der Waals surface area contributed by atoms with Gasteiger partial charge in [-0.3, -0.25) is 0 Å². The summed E-state index contributed by atoms with van der Waals surface area (Å²) in [6.45, 7) is 0. The van der Waals surface area contributed by atoms with Gasteiger partial charge in [0.25, 0.3) is 0 Å². The first kappa shape index (κ1) is 11.5. The summed E-state index contributed by atoms with van der Waals surface area (Å²) in [6.07, 6.45) is -2.86. The first-order valence-electron chi connectivity index (χ1n) is 4.74. The summed E-state index contributed by atoms with van der Waals surface area (Å²) in [5.41, 5.74) is 1.09. The number of oxime groups is 1. The molecule has 0 saturated heterocycles. The molecular weight excluding hydrogens is 235 g/mol. The van der Waals surface area contributed by atoms with Gasteiger partial charge in [-0.25, -0.2) is 0 Å². The predicted molar refractivity (Wildman–Crippen MR) is 55.3 cm³/mol. The minimum absolute atomic E-state index is 0.157. The Bertz CT molecular complexity index is 480. The molecule has 3 nitrogen and oxygen atoms in total. The van der Waals surface area contributed by atoms with Crippen LogP contribution in [-0.2, 0) is 0 Å². The quantitative estimate of drug-likeness (QED) is 0.468. The molecule has 17 heavy (non-hydrogen) atoms. The average molecular weight is 243 g/mol. The summed E-state index contributed by atoms with van der Waals surface area (Å²) in [5.74, 6) is 0.157. The second kappa shape index (κ2) is 4.12. The topological polar surface area (TPSA) is 41.8 Å². The molecule has 1 atom stereocenters. The third-order valence-electron chi connectivity index (χ3n) is 2.27. The molecule has 0 radical (unpaired) electrons. The number of hydrogen-bond acceptors (Lipinski definition) is 3. The highest BCUT2D eigenvalue weighted by Crippen LogP contribution is 2.33. The standard InChI is InChI=1S/C11H8F3NO2/c12-11(13,14)10-4-2-8-5-7(6-15-16)1-3-9(8)17-10/h1-6,10,16H. The van der Waals surface area contributed by atoms with Gasteiger partial charge in [0.1, 0.15) is 5.75 Å². The van der Waals surface area contributed by atoms with Crippen molar-refractivity contribution >= 4 is 12.3 Å². The van der Waals surface area contributed by atoms with E-state index in [2.05, 4.69) is 5.16 Å². The highest BCUT2D eigenvalue weighted by molar-refractivity contribution is 5.81. The van der Waals surface area contributed by atoms with Gasteiger partial charge in [0.2, 0.25) is 6.10 Å². The van der Waals surface area contributed by atoms with Crippen LogP contribution in [0.4, 0.5) is 13.2 Å². The minimum atomic E-state index is -4.42. The van der Waals surface area contributed by atoms with Crippen LogP contribution in [-0.4, -0.2) is 23.7 Å². The van der Waals surface area contributed by atoms with Gasteiger partial charge in [0.15, 0.2) is 0 Å². The van der Waals surface area contributed by atoms with Gasteiger partial charge in [-0.15, -0.1) is 0 Å². The zero-order valence-electron chi connectivity index (χ0n) is 8.48. The van der Waals surface area contributed by atoms with Crippen LogP contribution in [0.15, 0.2) is 29.4 Å². The minimum Gasteiger partial charge on any atom is -0.476 e. The van der Waals surface area contributed by atoms with E-state index in [1.165, 1.54) is 24.4 Å². The van der Waals surface area contributed by atoms with E-state index in [-0.39, 0.29) is 5.75 Å². The van der Waals surface area contributed by atoms with Gasteiger partial charge in [-0.05, 0) is 29.8 Å². The van der Waals surface area contributed by atoms with Crippen LogP contribution < -0.4 is 4.74 Å². The van der Waals surface area contributed by atoms with Crippen molar-refractivity contribution in [1.29, 1.82) is 0 Å². The van der Waals surface area contributed by atoms with Crippen LogP contribution >= 0.6 is 0 Å². The molecule has 0 spiro atoms. The smallest absolute Gasteiger partial charge is 0.429 e. The van der Waals surface area contributed by atoms with Crippen LogP contribution in [0.3, 0.4) is 0 Å². The molecule has 1 unspecified atom stereocenters. The molecule has 0 aliphatic carbocycles. The van der Waals surface area contributed by atoms with E-state index in [0.717, 1.165) is 6.08 Å². The number of rotatable bonds is 1. The molecule has 1 aromatic rings. The zero-order valence-corrected chi connectivity index (χ0v) is 8.48. The number of alkyl halides is 3. The molecule has 6 heteroatoms. The van der Waals surface area contributed by atoms with Gasteiger partial charge < -0.3 is 9.94 Å². The molecular formula is C11H8F3NO2. The Hall–Kier alpha value is -1.98. The average Bonchev–Trinajstić information content (AvgIpc) is 2.27. The number of nitrogens with zero attached hydrogens (tertiary/aromatic N) is 1. The number of hydrogen-bond donors (Lipinski definition) is 1. The van der Waals surface area contributed by atoms with Gasteiger partial charge in [0, 0.05) is 5.56 Å². The fraction of sp³-hybridized carbons (Fsp3) is 0.182.